The van der Waals surface area contributed by atoms with Crippen LogP contribution in [-0.2, 0) is 4.74 Å². The van der Waals surface area contributed by atoms with E-state index in [1.807, 2.05) is 6.92 Å². The van der Waals surface area contributed by atoms with Gasteiger partial charge in [-0.25, -0.2) is 0 Å². The molecular formula is C18H18Cl2N2O3S. The molecule has 0 aliphatic heterocycles. The summed E-state index contributed by atoms with van der Waals surface area (Å²) >= 11 is 17.2. The second-order valence-corrected chi connectivity index (χ2v) is 6.24. The highest BCUT2D eigenvalue weighted by molar-refractivity contribution is 7.80. The number of amides is 1. The number of anilines is 1. The van der Waals surface area contributed by atoms with Crippen molar-refractivity contribution in [1.82, 2.24) is 5.32 Å². The van der Waals surface area contributed by atoms with E-state index in [0.717, 1.165) is 0 Å². The molecule has 8 heteroatoms. The highest BCUT2D eigenvalue weighted by Gasteiger charge is 2.14. The quantitative estimate of drug-likeness (QED) is 0.516. The largest absolute Gasteiger partial charge is 0.490 e. The Labute approximate surface area is 167 Å². The number of para-hydroxylation sites is 1. The number of thiocarbonyl (C=S) groups is 1. The van der Waals surface area contributed by atoms with Crippen LogP contribution in [0.4, 0.5) is 5.69 Å². The van der Waals surface area contributed by atoms with Gasteiger partial charge in [0.15, 0.2) is 5.11 Å². The maximum atomic E-state index is 12.5. The average molecular weight is 413 g/mol. The van der Waals surface area contributed by atoms with Crippen LogP contribution in [-0.4, -0.2) is 30.8 Å². The summed E-state index contributed by atoms with van der Waals surface area (Å²) in [6, 6.07) is 12.0. The first kappa shape index (κ1) is 20.5. The molecule has 0 aliphatic carbocycles. The molecule has 1 amide bonds. The molecule has 0 saturated heterocycles. The van der Waals surface area contributed by atoms with E-state index in [4.69, 9.17) is 44.9 Å². The molecule has 2 aromatic carbocycles. The zero-order chi connectivity index (χ0) is 18.9. The number of nitrogens with one attached hydrogen (secondary N) is 2. The van der Waals surface area contributed by atoms with Crippen molar-refractivity contribution in [3.05, 3.63) is 58.1 Å². The van der Waals surface area contributed by atoms with Gasteiger partial charge in [0.2, 0.25) is 0 Å². The topological polar surface area (TPSA) is 59.6 Å². The van der Waals surface area contributed by atoms with Crippen molar-refractivity contribution in [3.63, 3.8) is 0 Å². The van der Waals surface area contributed by atoms with Gasteiger partial charge in [-0.15, -0.1) is 0 Å². The second-order valence-electron chi connectivity index (χ2n) is 5.05. The monoisotopic (exact) mass is 412 g/mol. The Balaban J connectivity index is 2.00. The lowest BCUT2D eigenvalue weighted by Gasteiger charge is -2.14. The summed E-state index contributed by atoms with van der Waals surface area (Å²) in [6.45, 7) is 3.30. The molecule has 5 nitrogen and oxygen atoms in total. The Morgan fingerprint density at radius 3 is 2.65 bits per heavy atom. The highest BCUT2D eigenvalue weighted by Crippen LogP contribution is 2.29. The van der Waals surface area contributed by atoms with Gasteiger partial charge in [-0.05, 0) is 43.4 Å². The van der Waals surface area contributed by atoms with Crippen LogP contribution in [0.3, 0.4) is 0 Å². The van der Waals surface area contributed by atoms with Crippen molar-refractivity contribution in [2.45, 2.75) is 6.92 Å². The van der Waals surface area contributed by atoms with Gasteiger partial charge in [-0.1, -0.05) is 41.4 Å². The van der Waals surface area contributed by atoms with Crippen LogP contribution in [0.2, 0.25) is 10.0 Å². The fourth-order valence-electron chi connectivity index (χ4n) is 2.06. The van der Waals surface area contributed by atoms with E-state index in [9.17, 15) is 4.79 Å². The number of rotatable bonds is 7. The minimum Gasteiger partial charge on any atom is -0.490 e. The van der Waals surface area contributed by atoms with Gasteiger partial charge < -0.3 is 14.8 Å². The fourth-order valence-corrected chi connectivity index (χ4v) is 2.61. The van der Waals surface area contributed by atoms with Gasteiger partial charge in [0.25, 0.3) is 5.91 Å². The Kier molecular flexibility index (Phi) is 8.12. The van der Waals surface area contributed by atoms with E-state index in [0.29, 0.717) is 46.9 Å². The first-order chi connectivity index (χ1) is 12.5. The molecule has 138 valence electrons. The molecule has 2 aromatic rings. The molecule has 0 heterocycles. The molecule has 0 aromatic heterocycles. The van der Waals surface area contributed by atoms with Crippen LogP contribution in [0.1, 0.15) is 17.3 Å². The molecule has 0 fully saturated rings. The summed E-state index contributed by atoms with van der Waals surface area (Å²) in [4.78, 5) is 12.5. The SMILES string of the molecule is CCOCCOc1ccccc1C(=O)NC(=S)Nc1cccc(Cl)c1Cl. The zero-order valence-electron chi connectivity index (χ0n) is 14.1. The highest BCUT2D eigenvalue weighted by atomic mass is 35.5. The van der Waals surface area contributed by atoms with Gasteiger partial charge in [0.05, 0.1) is 27.9 Å². The number of ether oxygens (including phenoxy) is 2. The summed E-state index contributed by atoms with van der Waals surface area (Å²) in [5.74, 6) is 0.0564. The van der Waals surface area contributed by atoms with E-state index >= 15 is 0 Å². The van der Waals surface area contributed by atoms with Crippen molar-refractivity contribution < 1.29 is 14.3 Å². The predicted molar refractivity (Wildman–Crippen MR) is 109 cm³/mol. The molecule has 0 saturated carbocycles. The Hall–Kier alpha value is -1.86. The van der Waals surface area contributed by atoms with E-state index in [1.54, 1.807) is 42.5 Å². The van der Waals surface area contributed by atoms with Crippen molar-refractivity contribution in [2.75, 3.05) is 25.1 Å². The second kappa shape index (κ2) is 10.3. The lowest BCUT2D eigenvalue weighted by Crippen LogP contribution is -2.34. The third-order valence-corrected chi connectivity index (χ3v) is 4.27. The van der Waals surface area contributed by atoms with Gasteiger partial charge in [-0.2, -0.15) is 0 Å². The smallest absolute Gasteiger partial charge is 0.261 e. The molecular weight excluding hydrogens is 395 g/mol. The van der Waals surface area contributed by atoms with Gasteiger partial charge in [0, 0.05) is 6.61 Å². The van der Waals surface area contributed by atoms with Crippen LogP contribution in [0, 0.1) is 0 Å². The van der Waals surface area contributed by atoms with Crippen molar-refractivity contribution >= 4 is 52.1 Å². The summed E-state index contributed by atoms with van der Waals surface area (Å²) in [7, 11) is 0. The maximum absolute atomic E-state index is 12.5. The Bertz CT molecular complexity index is 787. The minimum atomic E-state index is -0.396. The number of hydrogen-bond acceptors (Lipinski definition) is 4. The third-order valence-electron chi connectivity index (χ3n) is 3.25. The third kappa shape index (κ3) is 5.85. The number of benzene rings is 2. The van der Waals surface area contributed by atoms with Crippen LogP contribution >= 0.6 is 35.4 Å². The minimum absolute atomic E-state index is 0.100. The van der Waals surface area contributed by atoms with Crippen molar-refractivity contribution in [1.29, 1.82) is 0 Å². The molecule has 2 rings (SSSR count). The maximum Gasteiger partial charge on any atom is 0.261 e. The first-order valence-electron chi connectivity index (χ1n) is 7.88. The van der Waals surface area contributed by atoms with Gasteiger partial charge >= 0.3 is 0 Å². The van der Waals surface area contributed by atoms with Crippen LogP contribution < -0.4 is 15.4 Å². The van der Waals surface area contributed by atoms with Crippen molar-refractivity contribution in [3.8, 4) is 5.75 Å². The molecule has 2 N–H and O–H groups in total. The molecule has 0 atom stereocenters. The molecule has 0 aliphatic rings. The lowest BCUT2D eigenvalue weighted by atomic mass is 10.2. The summed E-state index contributed by atoms with van der Waals surface area (Å²) in [6.07, 6.45) is 0. The van der Waals surface area contributed by atoms with Crippen LogP contribution in [0.25, 0.3) is 0 Å². The normalized spacial score (nSPS) is 10.3. The number of hydrogen-bond donors (Lipinski definition) is 2. The number of halogens is 2. The van der Waals surface area contributed by atoms with E-state index < -0.39 is 5.91 Å². The standard InChI is InChI=1S/C18H18Cl2N2O3S/c1-2-24-10-11-25-15-9-4-3-6-12(15)17(23)22-18(26)21-14-8-5-7-13(19)16(14)20/h3-9H,2,10-11H2,1H3,(H2,21,22,23,26). The van der Waals surface area contributed by atoms with E-state index in [-0.39, 0.29) is 5.11 Å². The lowest BCUT2D eigenvalue weighted by molar-refractivity contribution is 0.0958. The summed E-state index contributed by atoms with van der Waals surface area (Å²) in [5.41, 5.74) is 0.871. The first-order valence-corrected chi connectivity index (χ1v) is 9.05. The zero-order valence-corrected chi connectivity index (χ0v) is 16.4. The summed E-state index contributed by atoms with van der Waals surface area (Å²) < 4.78 is 10.8. The number of carbonyl (C=O) groups excluding carboxylic acids is 1. The molecule has 0 radical (unpaired) electrons. The molecule has 0 unspecified atom stereocenters. The average Bonchev–Trinajstić information content (AvgIpc) is 2.63. The van der Waals surface area contributed by atoms with Gasteiger partial charge in [-0.3, -0.25) is 10.1 Å². The molecule has 0 spiro atoms. The number of carbonyl (C=O) groups is 1. The Morgan fingerprint density at radius 1 is 1.12 bits per heavy atom. The van der Waals surface area contributed by atoms with Crippen LogP contribution in [0.5, 0.6) is 5.75 Å². The summed E-state index contributed by atoms with van der Waals surface area (Å²) in [5, 5.41) is 6.27. The molecule has 0 bridgehead atoms. The van der Waals surface area contributed by atoms with Crippen LogP contribution in [0.15, 0.2) is 42.5 Å². The molecule has 26 heavy (non-hydrogen) atoms. The fraction of sp³-hybridized carbons (Fsp3) is 0.222. The predicted octanol–water partition coefficient (Wildman–Crippen LogP) is 4.54. The van der Waals surface area contributed by atoms with Crippen molar-refractivity contribution in [2.24, 2.45) is 0 Å². The van der Waals surface area contributed by atoms with E-state index in [2.05, 4.69) is 10.6 Å². The van der Waals surface area contributed by atoms with Gasteiger partial charge in [0.1, 0.15) is 12.4 Å². The van der Waals surface area contributed by atoms with E-state index in [1.165, 1.54) is 0 Å². The Morgan fingerprint density at radius 2 is 1.88 bits per heavy atom.